The normalized spacial score (nSPS) is 18.5. The molecule has 3 rings (SSSR count). The maximum Gasteiger partial charge on any atom is 0.173 e. The smallest absolute Gasteiger partial charge is 0.173 e. The highest BCUT2D eigenvalue weighted by atomic mass is 19.1. The van der Waals surface area contributed by atoms with Crippen LogP contribution in [0, 0.1) is 5.82 Å². The highest BCUT2D eigenvalue weighted by molar-refractivity contribution is 5.26. The summed E-state index contributed by atoms with van der Waals surface area (Å²) in [5, 5.41) is 12.2. The van der Waals surface area contributed by atoms with Crippen LogP contribution in [0.15, 0.2) is 24.3 Å². The fourth-order valence-corrected chi connectivity index (χ4v) is 3.02. The summed E-state index contributed by atoms with van der Waals surface area (Å²) in [6.45, 7) is 7.69. The van der Waals surface area contributed by atoms with Gasteiger partial charge in [-0.25, -0.2) is 9.07 Å². The zero-order chi connectivity index (χ0) is 16.4. The van der Waals surface area contributed by atoms with Crippen LogP contribution in [0.5, 0.6) is 0 Å². The van der Waals surface area contributed by atoms with Gasteiger partial charge in [0.15, 0.2) is 5.82 Å². The van der Waals surface area contributed by atoms with Crippen molar-refractivity contribution in [1.29, 1.82) is 0 Å². The summed E-state index contributed by atoms with van der Waals surface area (Å²) in [7, 11) is 2.10. The third-order valence-electron chi connectivity index (χ3n) is 4.35. The van der Waals surface area contributed by atoms with Gasteiger partial charge < -0.3 is 4.90 Å². The van der Waals surface area contributed by atoms with Gasteiger partial charge in [-0.1, -0.05) is 18.2 Å². The van der Waals surface area contributed by atoms with Crippen LogP contribution in [0.3, 0.4) is 0 Å². The number of benzene rings is 1. The molecule has 1 aromatic heterocycles. The average molecular weight is 318 g/mol. The molecule has 1 aromatic carbocycles. The van der Waals surface area contributed by atoms with E-state index in [1.807, 2.05) is 26.0 Å². The predicted molar refractivity (Wildman–Crippen MR) is 85.5 cm³/mol. The second kappa shape index (κ2) is 6.72. The zero-order valence-corrected chi connectivity index (χ0v) is 13.9. The molecule has 0 spiro atoms. The van der Waals surface area contributed by atoms with Gasteiger partial charge in [-0.2, -0.15) is 0 Å². The molecule has 0 N–H and O–H groups in total. The molecule has 0 unspecified atom stereocenters. The van der Waals surface area contributed by atoms with Crippen LogP contribution in [-0.4, -0.2) is 63.2 Å². The van der Waals surface area contributed by atoms with Crippen molar-refractivity contribution in [1.82, 2.24) is 30.0 Å². The number of likely N-dealkylation sites (N-methyl/N-ethyl adjacent to an activating group) is 1. The van der Waals surface area contributed by atoms with E-state index in [-0.39, 0.29) is 17.9 Å². The molecule has 2 heterocycles. The summed E-state index contributed by atoms with van der Waals surface area (Å²) in [6.07, 6.45) is 0. The number of nitrogens with zero attached hydrogens (tertiary/aromatic N) is 6. The lowest BCUT2D eigenvalue weighted by Gasteiger charge is -2.37. The largest absolute Gasteiger partial charge is 0.304 e. The molecule has 1 aliphatic rings. The van der Waals surface area contributed by atoms with E-state index in [9.17, 15) is 4.39 Å². The van der Waals surface area contributed by atoms with Crippen molar-refractivity contribution in [3.8, 4) is 0 Å². The highest BCUT2D eigenvalue weighted by Gasteiger charge is 2.32. The Bertz CT molecular complexity index is 648. The van der Waals surface area contributed by atoms with Gasteiger partial charge in [-0.05, 0) is 37.4 Å². The van der Waals surface area contributed by atoms with Crippen LogP contribution in [0.4, 0.5) is 4.39 Å². The Hall–Kier alpha value is -1.86. The SMILES string of the molecule is CC(C)n1nnnc1[C@@H](c1ccccc1F)N1CCN(C)CC1. The maximum atomic E-state index is 14.5. The molecule has 2 aromatic rings. The van der Waals surface area contributed by atoms with Crippen molar-refractivity contribution in [3.05, 3.63) is 41.5 Å². The molecule has 0 amide bonds. The van der Waals surface area contributed by atoms with Crippen LogP contribution >= 0.6 is 0 Å². The zero-order valence-electron chi connectivity index (χ0n) is 13.9. The summed E-state index contributed by atoms with van der Waals surface area (Å²) in [4.78, 5) is 4.54. The third kappa shape index (κ3) is 3.25. The molecule has 1 aliphatic heterocycles. The maximum absolute atomic E-state index is 14.5. The molecule has 0 radical (unpaired) electrons. The minimum absolute atomic E-state index is 0.127. The van der Waals surface area contributed by atoms with E-state index in [1.54, 1.807) is 10.7 Å². The van der Waals surface area contributed by atoms with Crippen molar-refractivity contribution >= 4 is 0 Å². The Morgan fingerprint density at radius 3 is 2.43 bits per heavy atom. The molecule has 7 heteroatoms. The van der Waals surface area contributed by atoms with Gasteiger partial charge in [0.2, 0.25) is 0 Å². The van der Waals surface area contributed by atoms with E-state index in [1.165, 1.54) is 6.07 Å². The van der Waals surface area contributed by atoms with Gasteiger partial charge in [-0.3, -0.25) is 4.90 Å². The monoisotopic (exact) mass is 318 g/mol. The first-order chi connectivity index (χ1) is 11.1. The molecule has 0 bridgehead atoms. The van der Waals surface area contributed by atoms with Gasteiger partial charge in [0, 0.05) is 31.7 Å². The lowest BCUT2D eigenvalue weighted by molar-refractivity contribution is 0.119. The number of hydrogen-bond donors (Lipinski definition) is 0. The number of aromatic nitrogens is 4. The van der Waals surface area contributed by atoms with Crippen molar-refractivity contribution in [3.63, 3.8) is 0 Å². The molecule has 1 saturated heterocycles. The fourth-order valence-electron chi connectivity index (χ4n) is 3.02. The number of rotatable bonds is 4. The standard InChI is InChI=1S/C16H23FN6/c1-12(2)23-16(18-19-20-23)15(13-6-4-5-7-14(13)17)22-10-8-21(3)9-11-22/h4-7,12,15H,8-11H2,1-3H3/t15-/m1/s1. The van der Waals surface area contributed by atoms with E-state index < -0.39 is 0 Å². The van der Waals surface area contributed by atoms with Gasteiger partial charge >= 0.3 is 0 Å². The number of tetrazole rings is 1. The second-order valence-corrected chi connectivity index (χ2v) is 6.34. The molecular weight excluding hydrogens is 295 g/mol. The summed E-state index contributed by atoms with van der Waals surface area (Å²) in [5.74, 6) is 0.490. The minimum Gasteiger partial charge on any atom is -0.304 e. The third-order valence-corrected chi connectivity index (χ3v) is 4.35. The molecule has 0 aliphatic carbocycles. The Morgan fingerprint density at radius 1 is 1.09 bits per heavy atom. The van der Waals surface area contributed by atoms with Crippen molar-refractivity contribution in [2.45, 2.75) is 25.9 Å². The number of piperazine rings is 1. The fraction of sp³-hybridized carbons (Fsp3) is 0.562. The first-order valence-electron chi connectivity index (χ1n) is 8.02. The van der Waals surface area contributed by atoms with Crippen LogP contribution in [0.2, 0.25) is 0 Å². The Kier molecular flexibility index (Phi) is 4.68. The molecule has 1 atom stereocenters. The summed E-state index contributed by atoms with van der Waals surface area (Å²) in [6, 6.07) is 6.78. The van der Waals surface area contributed by atoms with E-state index in [0.29, 0.717) is 11.4 Å². The molecule has 0 saturated carbocycles. The van der Waals surface area contributed by atoms with E-state index in [0.717, 1.165) is 26.2 Å². The molecule has 124 valence electrons. The van der Waals surface area contributed by atoms with Gasteiger partial charge in [0.1, 0.15) is 11.9 Å². The van der Waals surface area contributed by atoms with Gasteiger partial charge in [-0.15, -0.1) is 5.10 Å². The Balaban J connectivity index is 2.03. The van der Waals surface area contributed by atoms with Gasteiger partial charge in [0.05, 0.1) is 6.04 Å². The average Bonchev–Trinajstić information content (AvgIpc) is 3.01. The van der Waals surface area contributed by atoms with Crippen LogP contribution in [-0.2, 0) is 0 Å². The van der Waals surface area contributed by atoms with Crippen molar-refractivity contribution in [2.75, 3.05) is 33.2 Å². The second-order valence-electron chi connectivity index (χ2n) is 6.34. The first-order valence-corrected chi connectivity index (χ1v) is 8.02. The quantitative estimate of drug-likeness (QED) is 0.859. The number of halogens is 1. The summed E-state index contributed by atoms with van der Waals surface area (Å²) < 4.78 is 16.3. The van der Waals surface area contributed by atoms with E-state index >= 15 is 0 Å². The van der Waals surface area contributed by atoms with Crippen LogP contribution < -0.4 is 0 Å². The first kappa shape index (κ1) is 16.0. The molecular formula is C16H23FN6. The topological polar surface area (TPSA) is 50.1 Å². The molecule has 6 nitrogen and oxygen atoms in total. The lowest BCUT2D eigenvalue weighted by Crippen LogP contribution is -2.47. The van der Waals surface area contributed by atoms with Crippen LogP contribution in [0.25, 0.3) is 0 Å². The highest BCUT2D eigenvalue weighted by Crippen LogP contribution is 2.30. The lowest BCUT2D eigenvalue weighted by atomic mass is 10.0. The van der Waals surface area contributed by atoms with Gasteiger partial charge in [0.25, 0.3) is 0 Å². The molecule has 23 heavy (non-hydrogen) atoms. The summed E-state index contributed by atoms with van der Waals surface area (Å²) >= 11 is 0. The van der Waals surface area contributed by atoms with Crippen LogP contribution in [0.1, 0.15) is 37.3 Å². The Morgan fingerprint density at radius 2 is 1.78 bits per heavy atom. The molecule has 1 fully saturated rings. The van der Waals surface area contributed by atoms with E-state index in [4.69, 9.17) is 0 Å². The van der Waals surface area contributed by atoms with Crippen molar-refractivity contribution in [2.24, 2.45) is 0 Å². The Labute approximate surface area is 135 Å². The van der Waals surface area contributed by atoms with Crippen molar-refractivity contribution < 1.29 is 4.39 Å². The van der Waals surface area contributed by atoms with E-state index in [2.05, 4.69) is 32.4 Å². The minimum atomic E-state index is -0.262. The number of hydrogen-bond acceptors (Lipinski definition) is 5. The predicted octanol–water partition coefficient (Wildman–Crippen LogP) is 1.73. The summed E-state index contributed by atoms with van der Waals surface area (Å²) in [5.41, 5.74) is 0.633.